The number of ether oxygens (including phenoxy) is 2. The Kier molecular flexibility index (Phi) is 3.72. The molecule has 0 bridgehead atoms. The van der Waals surface area contributed by atoms with Gasteiger partial charge in [-0.25, -0.2) is 4.68 Å². The maximum atomic E-state index is 12.7. The van der Waals surface area contributed by atoms with Crippen molar-refractivity contribution in [3.05, 3.63) is 47.7 Å². The highest BCUT2D eigenvalue weighted by Gasteiger charge is 2.25. The first-order valence-electron chi connectivity index (χ1n) is 8.08. The van der Waals surface area contributed by atoms with Crippen molar-refractivity contribution in [3.63, 3.8) is 0 Å². The molecule has 6 nitrogen and oxygen atoms in total. The number of hydrogen-bond acceptors (Lipinski definition) is 4. The summed E-state index contributed by atoms with van der Waals surface area (Å²) in [7, 11) is 1.65. The molecule has 4 rings (SSSR count). The second-order valence-corrected chi connectivity index (χ2v) is 5.94. The van der Waals surface area contributed by atoms with Gasteiger partial charge in [0.05, 0.1) is 13.7 Å². The number of aromatic nitrogens is 2. The predicted molar refractivity (Wildman–Crippen MR) is 89.2 cm³/mol. The Bertz CT molecular complexity index is 786. The van der Waals surface area contributed by atoms with Crippen LogP contribution in [0.2, 0.25) is 0 Å². The fourth-order valence-electron chi connectivity index (χ4n) is 3.08. The Morgan fingerprint density at radius 2 is 2.25 bits per heavy atom. The lowest BCUT2D eigenvalue weighted by molar-refractivity contribution is 0.0794. The molecule has 1 aromatic carbocycles. The second kappa shape index (κ2) is 6.03. The van der Waals surface area contributed by atoms with Gasteiger partial charge < -0.3 is 14.4 Å². The minimum atomic E-state index is -0.0605. The molecule has 0 fully saturated rings. The van der Waals surface area contributed by atoms with Crippen molar-refractivity contribution in [1.29, 1.82) is 0 Å². The fraction of sp³-hybridized carbons (Fsp3) is 0.333. The molecule has 0 aliphatic carbocycles. The van der Waals surface area contributed by atoms with Crippen LogP contribution in [-0.2, 0) is 6.54 Å². The van der Waals surface area contributed by atoms with Crippen LogP contribution >= 0.6 is 0 Å². The van der Waals surface area contributed by atoms with Gasteiger partial charge in [-0.05, 0) is 23.3 Å². The van der Waals surface area contributed by atoms with Gasteiger partial charge in [0.15, 0.2) is 5.69 Å². The smallest absolute Gasteiger partial charge is 0.275 e. The molecule has 1 amide bonds. The average molecular weight is 325 g/mol. The third-order valence-electron chi connectivity index (χ3n) is 4.37. The van der Waals surface area contributed by atoms with E-state index in [-0.39, 0.29) is 5.91 Å². The monoisotopic (exact) mass is 325 g/mol. The van der Waals surface area contributed by atoms with E-state index in [1.807, 2.05) is 24.3 Å². The van der Waals surface area contributed by atoms with Crippen molar-refractivity contribution in [2.24, 2.45) is 0 Å². The molecule has 124 valence electrons. The summed E-state index contributed by atoms with van der Waals surface area (Å²) in [6.45, 7) is 2.66. The van der Waals surface area contributed by atoms with Crippen LogP contribution in [-0.4, -0.2) is 47.4 Å². The van der Waals surface area contributed by atoms with Gasteiger partial charge in [-0.3, -0.25) is 4.79 Å². The molecule has 0 atom stereocenters. The van der Waals surface area contributed by atoms with E-state index >= 15 is 0 Å². The van der Waals surface area contributed by atoms with Crippen LogP contribution in [0.5, 0.6) is 11.6 Å². The number of aryl methyl sites for hydroxylation is 1. The van der Waals surface area contributed by atoms with Crippen LogP contribution in [0.25, 0.3) is 5.57 Å². The molecular formula is C18H19N3O3. The number of methoxy groups -OCH3 is 1. The maximum absolute atomic E-state index is 12.7. The van der Waals surface area contributed by atoms with Crippen molar-refractivity contribution in [2.45, 2.75) is 13.0 Å². The average Bonchev–Trinajstić information content (AvgIpc) is 3.28. The number of amides is 1. The Labute approximate surface area is 140 Å². The lowest BCUT2D eigenvalue weighted by atomic mass is 10.1. The van der Waals surface area contributed by atoms with Crippen LogP contribution < -0.4 is 9.47 Å². The summed E-state index contributed by atoms with van der Waals surface area (Å²) in [5.74, 6) is 1.44. The van der Waals surface area contributed by atoms with Gasteiger partial charge >= 0.3 is 0 Å². The molecule has 0 radical (unpaired) electrons. The van der Waals surface area contributed by atoms with E-state index in [2.05, 4.69) is 11.2 Å². The van der Waals surface area contributed by atoms with E-state index in [0.29, 0.717) is 31.3 Å². The van der Waals surface area contributed by atoms with Gasteiger partial charge in [0.25, 0.3) is 5.91 Å². The molecule has 1 aromatic heterocycles. The third kappa shape index (κ3) is 2.64. The van der Waals surface area contributed by atoms with Gasteiger partial charge in [0.1, 0.15) is 5.75 Å². The quantitative estimate of drug-likeness (QED) is 0.868. The van der Waals surface area contributed by atoms with Gasteiger partial charge in [-0.2, -0.15) is 5.10 Å². The van der Waals surface area contributed by atoms with Crippen LogP contribution in [0.3, 0.4) is 0 Å². The molecule has 3 heterocycles. The number of benzene rings is 1. The van der Waals surface area contributed by atoms with E-state index in [1.165, 1.54) is 0 Å². The van der Waals surface area contributed by atoms with Crippen molar-refractivity contribution in [2.75, 3.05) is 26.8 Å². The minimum Gasteiger partial charge on any atom is -0.497 e. The first-order chi connectivity index (χ1) is 11.7. The van der Waals surface area contributed by atoms with E-state index < -0.39 is 0 Å². The zero-order valence-corrected chi connectivity index (χ0v) is 13.6. The summed E-state index contributed by atoms with van der Waals surface area (Å²) in [6, 6.07) is 9.64. The molecule has 0 saturated heterocycles. The number of carbonyl (C=O) groups is 1. The Balaban J connectivity index is 1.49. The molecule has 2 aliphatic rings. The number of rotatable bonds is 3. The summed E-state index contributed by atoms with van der Waals surface area (Å²) < 4.78 is 12.6. The van der Waals surface area contributed by atoms with Crippen LogP contribution in [0.1, 0.15) is 22.5 Å². The predicted octanol–water partition coefficient (Wildman–Crippen LogP) is 2.21. The van der Waals surface area contributed by atoms with E-state index in [1.54, 1.807) is 22.8 Å². The largest absolute Gasteiger partial charge is 0.497 e. The molecule has 2 aromatic rings. The first-order valence-corrected chi connectivity index (χ1v) is 8.08. The molecule has 0 unspecified atom stereocenters. The highest BCUT2D eigenvalue weighted by atomic mass is 16.5. The number of fused-ring (bicyclic) bond motifs is 1. The van der Waals surface area contributed by atoms with Gasteiger partial charge in [-0.15, -0.1) is 0 Å². The molecule has 6 heteroatoms. The Morgan fingerprint density at radius 1 is 1.33 bits per heavy atom. The van der Waals surface area contributed by atoms with E-state index in [0.717, 1.165) is 29.9 Å². The summed E-state index contributed by atoms with van der Waals surface area (Å²) in [6.07, 6.45) is 3.01. The van der Waals surface area contributed by atoms with Crippen molar-refractivity contribution < 1.29 is 14.3 Å². The van der Waals surface area contributed by atoms with E-state index in [4.69, 9.17) is 9.47 Å². The standard InChI is InChI=1S/C18H19N3O3/c1-23-15-5-2-4-13(10-15)14-6-8-20(12-14)18(22)16-11-17-21(19-16)7-3-9-24-17/h2,4-6,10-11H,3,7-9,12H2,1H3. The topological polar surface area (TPSA) is 56.6 Å². The Morgan fingerprint density at radius 3 is 3.08 bits per heavy atom. The summed E-state index contributed by atoms with van der Waals surface area (Å²) in [5.41, 5.74) is 2.66. The SMILES string of the molecule is COc1cccc(C2=CCN(C(=O)c3cc4n(n3)CCCO4)C2)c1. The molecule has 2 aliphatic heterocycles. The van der Waals surface area contributed by atoms with E-state index in [9.17, 15) is 4.79 Å². The zero-order valence-electron chi connectivity index (χ0n) is 13.6. The van der Waals surface area contributed by atoms with Crippen molar-refractivity contribution in [3.8, 4) is 11.6 Å². The third-order valence-corrected chi connectivity index (χ3v) is 4.37. The molecule has 0 saturated carbocycles. The van der Waals surface area contributed by atoms with Gasteiger partial charge in [0, 0.05) is 32.1 Å². The normalized spacial score (nSPS) is 16.4. The van der Waals surface area contributed by atoms with Gasteiger partial charge in [0.2, 0.25) is 5.88 Å². The lowest BCUT2D eigenvalue weighted by Gasteiger charge is -2.15. The molecule has 0 N–H and O–H groups in total. The van der Waals surface area contributed by atoms with Crippen molar-refractivity contribution in [1.82, 2.24) is 14.7 Å². The van der Waals surface area contributed by atoms with Gasteiger partial charge in [-0.1, -0.05) is 18.2 Å². The number of nitrogens with zero attached hydrogens (tertiary/aromatic N) is 3. The first kappa shape index (κ1) is 14.8. The summed E-state index contributed by atoms with van der Waals surface area (Å²) in [4.78, 5) is 14.5. The van der Waals surface area contributed by atoms with Crippen LogP contribution in [0.4, 0.5) is 0 Å². The number of carbonyl (C=O) groups excluding carboxylic acids is 1. The zero-order chi connectivity index (χ0) is 16.5. The highest BCUT2D eigenvalue weighted by molar-refractivity contribution is 5.94. The molecular weight excluding hydrogens is 306 g/mol. The fourth-order valence-corrected chi connectivity index (χ4v) is 3.08. The minimum absolute atomic E-state index is 0.0605. The lowest BCUT2D eigenvalue weighted by Crippen LogP contribution is -2.29. The highest BCUT2D eigenvalue weighted by Crippen LogP contribution is 2.26. The number of hydrogen-bond donors (Lipinski definition) is 0. The maximum Gasteiger partial charge on any atom is 0.275 e. The molecule has 0 spiro atoms. The summed E-state index contributed by atoms with van der Waals surface area (Å²) >= 11 is 0. The van der Waals surface area contributed by atoms with Crippen LogP contribution in [0.15, 0.2) is 36.4 Å². The summed E-state index contributed by atoms with van der Waals surface area (Å²) in [5, 5.41) is 4.38. The Hall–Kier alpha value is -2.76. The second-order valence-electron chi connectivity index (χ2n) is 5.94. The molecule has 24 heavy (non-hydrogen) atoms. The van der Waals surface area contributed by atoms with Crippen LogP contribution in [0, 0.1) is 0 Å². The van der Waals surface area contributed by atoms with Crippen molar-refractivity contribution >= 4 is 11.5 Å².